The van der Waals surface area contributed by atoms with Gasteiger partial charge in [-0.25, -0.2) is 0 Å². The summed E-state index contributed by atoms with van der Waals surface area (Å²) in [5.41, 5.74) is 0. The maximum absolute atomic E-state index is 12.7. The fourth-order valence-electron chi connectivity index (χ4n) is 6.18. The second kappa shape index (κ2) is 35.8. The lowest BCUT2D eigenvalue weighted by Crippen LogP contribution is -2.55. The molecule has 0 aromatic heterocycles. The predicted molar refractivity (Wildman–Crippen MR) is 213 cm³/mol. The summed E-state index contributed by atoms with van der Waals surface area (Å²) < 4.78 is 17.1. The number of carboxylic acid groups (broad SMARTS) is 1. The molecular weight excluding hydrogens is 654 g/mol. The number of carbonyl (C=O) groups excluding carboxylic acids is 3. The van der Waals surface area contributed by atoms with Crippen LogP contribution in [0.3, 0.4) is 0 Å². The zero-order chi connectivity index (χ0) is 38.5. The molecule has 0 aliphatic heterocycles. The zero-order valence-corrected chi connectivity index (χ0v) is 34.5. The van der Waals surface area contributed by atoms with Crippen molar-refractivity contribution >= 4 is 17.9 Å². The molecule has 0 rings (SSSR count). The molecule has 0 aromatic rings. The molecular formula is C44H81NO7. The molecule has 0 heterocycles. The Balaban J connectivity index is 4.36. The van der Waals surface area contributed by atoms with Crippen LogP contribution in [0.2, 0.25) is 0 Å². The van der Waals surface area contributed by atoms with E-state index in [1.165, 1.54) is 89.9 Å². The molecule has 8 heteroatoms. The quantitative estimate of drug-likeness (QED) is 0.0269. The summed E-state index contributed by atoms with van der Waals surface area (Å²) >= 11 is 0. The van der Waals surface area contributed by atoms with Crippen molar-refractivity contribution in [3.05, 3.63) is 24.3 Å². The number of hydrogen-bond donors (Lipinski definition) is 0. The van der Waals surface area contributed by atoms with Crippen molar-refractivity contribution in [2.24, 2.45) is 0 Å². The average molecular weight is 736 g/mol. The Morgan fingerprint density at radius 1 is 0.558 bits per heavy atom. The Labute approximate surface area is 320 Å². The van der Waals surface area contributed by atoms with Crippen molar-refractivity contribution in [3.63, 3.8) is 0 Å². The SMILES string of the molecule is CCCCC/C=C/CCCCCCCC(=O)OC(COCCC(C(=O)[O-])[N+](C)(C)C)COC(=O)CCCCCCC/C=C/CCCCCCCCC. The van der Waals surface area contributed by atoms with Crippen LogP contribution >= 0.6 is 0 Å². The Morgan fingerprint density at radius 3 is 1.42 bits per heavy atom. The van der Waals surface area contributed by atoms with Crippen molar-refractivity contribution < 1.29 is 38.2 Å². The van der Waals surface area contributed by atoms with E-state index in [9.17, 15) is 19.5 Å². The Kier molecular flexibility index (Phi) is 34.3. The number of quaternary nitrogens is 1. The van der Waals surface area contributed by atoms with Gasteiger partial charge in [0.25, 0.3) is 0 Å². The topological polar surface area (TPSA) is 102 Å². The first-order valence-electron chi connectivity index (χ1n) is 21.4. The third kappa shape index (κ3) is 33.6. The number of rotatable bonds is 38. The molecule has 2 atom stereocenters. The second-order valence-corrected chi connectivity index (χ2v) is 15.6. The van der Waals surface area contributed by atoms with Gasteiger partial charge in [-0.2, -0.15) is 0 Å². The Bertz CT molecular complexity index is 911. The third-order valence-electron chi connectivity index (χ3n) is 9.56. The molecule has 0 aliphatic carbocycles. The molecule has 0 radical (unpaired) electrons. The van der Waals surface area contributed by atoms with Crippen LogP contribution in [-0.2, 0) is 28.6 Å². The molecule has 0 saturated heterocycles. The number of aliphatic carboxylic acids is 1. The number of hydrogen-bond acceptors (Lipinski definition) is 7. The van der Waals surface area contributed by atoms with Gasteiger partial charge in [0, 0.05) is 19.3 Å². The molecule has 0 fully saturated rings. The average Bonchev–Trinajstić information content (AvgIpc) is 3.09. The van der Waals surface area contributed by atoms with Crippen molar-refractivity contribution in [1.29, 1.82) is 0 Å². The van der Waals surface area contributed by atoms with Gasteiger partial charge in [0.15, 0.2) is 6.10 Å². The normalized spacial score (nSPS) is 13.2. The number of ether oxygens (including phenoxy) is 3. The van der Waals surface area contributed by atoms with Gasteiger partial charge in [-0.05, 0) is 64.2 Å². The standard InChI is InChI=1S/C44H81NO7/c1-6-8-10-12-14-16-18-20-21-22-23-25-26-28-30-32-34-42(46)51-39-40(38-50-37-36-41(44(48)49)45(3,4)5)52-43(47)35-33-31-29-27-24-19-17-15-13-11-9-7-2/h15,17,21-22,40-41H,6-14,16,18-20,23-39H2,1-5H3/b17-15+,22-21+. The van der Waals surface area contributed by atoms with Gasteiger partial charge in [0.2, 0.25) is 0 Å². The maximum Gasteiger partial charge on any atom is 0.306 e. The minimum absolute atomic E-state index is 0.0371. The van der Waals surface area contributed by atoms with Crippen molar-refractivity contribution in [3.8, 4) is 0 Å². The highest BCUT2D eigenvalue weighted by atomic mass is 16.6. The molecule has 0 N–H and O–H groups in total. The van der Waals surface area contributed by atoms with Crippen molar-refractivity contribution in [2.45, 2.75) is 199 Å². The molecule has 0 aliphatic rings. The van der Waals surface area contributed by atoms with Gasteiger partial charge in [-0.15, -0.1) is 0 Å². The lowest BCUT2D eigenvalue weighted by Gasteiger charge is -2.34. The summed E-state index contributed by atoms with van der Waals surface area (Å²) in [4.78, 5) is 36.7. The van der Waals surface area contributed by atoms with Gasteiger partial charge in [-0.3, -0.25) is 9.59 Å². The van der Waals surface area contributed by atoms with E-state index in [0.29, 0.717) is 12.8 Å². The summed E-state index contributed by atoms with van der Waals surface area (Å²) in [5.74, 6) is -1.75. The monoisotopic (exact) mass is 736 g/mol. The van der Waals surface area contributed by atoms with Gasteiger partial charge >= 0.3 is 11.9 Å². The zero-order valence-electron chi connectivity index (χ0n) is 34.5. The molecule has 8 nitrogen and oxygen atoms in total. The molecule has 0 spiro atoms. The highest BCUT2D eigenvalue weighted by molar-refractivity contribution is 5.70. The first-order valence-corrected chi connectivity index (χ1v) is 21.4. The highest BCUT2D eigenvalue weighted by Crippen LogP contribution is 2.13. The fourth-order valence-corrected chi connectivity index (χ4v) is 6.18. The van der Waals surface area contributed by atoms with Crippen LogP contribution in [-0.4, -0.2) is 75.5 Å². The van der Waals surface area contributed by atoms with E-state index in [2.05, 4.69) is 38.2 Å². The molecule has 52 heavy (non-hydrogen) atoms. The summed E-state index contributed by atoms with van der Waals surface area (Å²) in [6.07, 6.45) is 37.7. The van der Waals surface area contributed by atoms with Gasteiger partial charge < -0.3 is 28.6 Å². The Hall–Kier alpha value is -2.19. The second-order valence-electron chi connectivity index (χ2n) is 15.6. The van der Waals surface area contributed by atoms with Crippen LogP contribution in [0.25, 0.3) is 0 Å². The van der Waals surface area contributed by atoms with E-state index in [1.54, 1.807) is 21.1 Å². The first-order chi connectivity index (χ1) is 25.1. The van der Waals surface area contributed by atoms with E-state index in [4.69, 9.17) is 14.2 Å². The molecule has 0 aromatic carbocycles. The number of allylic oxidation sites excluding steroid dienone is 4. The van der Waals surface area contributed by atoms with Crippen molar-refractivity contribution in [1.82, 2.24) is 0 Å². The lowest BCUT2D eigenvalue weighted by atomic mass is 10.1. The molecule has 304 valence electrons. The van der Waals surface area contributed by atoms with Crippen LogP contribution < -0.4 is 5.11 Å². The molecule has 2 unspecified atom stereocenters. The number of esters is 2. The van der Waals surface area contributed by atoms with E-state index in [1.807, 2.05) is 0 Å². The first kappa shape index (κ1) is 49.8. The summed E-state index contributed by atoms with van der Waals surface area (Å²) in [6.45, 7) is 4.62. The van der Waals surface area contributed by atoms with E-state index in [0.717, 1.165) is 64.2 Å². The molecule has 0 bridgehead atoms. The van der Waals surface area contributed by atoms with Crippen LogP contribution in [0.4, 0.5) is 0 Å². The van der Waals surface area contributed by atoms with E-state index in [-0.39, 0.29) is 42.7 Å². The lowest BCUT2D eigenvalue weighted by molar-refractivity contribution is -0.889. The number of unbranched alkanes of at least 4 members (excludes halogenated alkanes) is 20. The number of carbonyl (C=O) groups is 3. The summed E-state index contributed by atoms with van der Waals surface area (Å²) in [6, 6.07) is -0.725. The number of nitrogens with zero attached hydrogens (tertiary/aromatic N) is 1. The van der Waals surface area contributed by atoms with Crippen LogP contribution in [0, 0.1) is 0 Å². The smallest absolute Gasteiger partial charge is 0.306 e. The van der Waals surface area contributed by atoms with E-state index >= 15 is 0 Å². The van der Waals surface area contributed by atoms with Gasteiger partial charge in [0.1, 0.15) is 12.6 Å². The number of carboxylic acids is 1. The van der Waals surface area contributed by atoms with Crippen LogP contribution in [0.15, 0.2) is 24.3 Å². The summed E-state index contributed by atoms with van der Waals surface area (Å²) in [5, 5.41) is 11.6. The minimum atomic E-state index is -1.13. The Morgan fingerprint density at radius 2 is 0.962 bits per heavy atom. The summed E-state index contributed by atoms with van der Waals surface area (Å²) in [7, 11) is 5.40. The number of likely N-dealkylation sites (N-methyl/N-ethyl adjacent to an activating group) is 1. The maximum atomic E-state index is 12.7. The van der Waals surface area contributed by atoms with Crippen LogP contribution in [0.5, 0.6) is 0 Å². The highest BCUT2D eigenvalue weighted by Gasteiger charge is 2.25. The molecule has 0 saturated carbocycles. The van der Waals surface area contributed by atoms with Crippen LogP contribution in [0.1, 0.15) is 187 Å². The van der Waals surface area contributed by atoms with Gasteiger partial charge in [-0.1, -0.05) is 128 Å². The minimum Gasteiger partial charge on any atom is -0.544 e. The van der Waals surface area contributed by atoms with E-state index < -0.39 is 18.1 Å². The fraction of sp³-hybridized carbons (Fsp3) is 0.841. The molecule has 0 amide bonds. The van der Waals surface area contributed by atoms with Gasteiger partial charge in [0.05, 0.1) is 40.3 Å². The predicted octanol–water partition coefficient (Wildman–Crippen LogP) is 9.97. The van der Waals surface area contributed by atoms with Crippen molar-refractivity contribution in [2.75, 3.05) is 41.0 Å². The third-order valence-corrected chi connectivity index (χ3v) is 9.56. The largest absolute Gasteiger partial charge is 0.544 e.